The molecule has 0 N–H and O–H groups in total. The highest BCUT2D eigenvalue weighted by Crippen LogP contribution is 2.19. The molecule has 0 bridgehead atoms. The molecule has 0 spiro atoms. The fraction of sp³-hybridized carbons (Fsp3) is 0.562. The van der Waals surface area contributed by atoms with Crippen molar-refractivity contribution < 1.29 is 14.3 Å². The minimum Gasteiger partial charge on any atom is -0.491 e. The van der Waals surface area contributed by atoms with E-state index in [1.165, 1.54) is 0 Å². The smallest absolute Gasteiger partial charge is 0.254 e. The largest absolute Gasteiger partial charge is 0.491 e. The van der Waals surface area contributed by atoms with Crippen molar-refractivity contribution in [3.05, 3.63) is 29.8 Å². The Hall–Kier alpha value is -1.55. The molecule has 1 heterocycles. The maximum absolute atomic E-state index is 12.5. The summed E-state index contributed by atoms with van der Waals surface area (Å²) in [6.07, 6.45) is 0.263. The van der Waals surface area contributed by atoms with E-state index < -0.39 is 0 Å². The van der Waals surface area contributed by atoms with Gasteiger partial charge in [-0.3, -0.25) is 4.79 Å². The lowest BCUT2D eigenvalue weighted by molar-refractivity contribution is -0.0586. The number of ether oxygens (including phenoxy) is 2. The molecule has 0 radical (unpaired) electrons. The normalized spacial score (nSPS) is 22.9. The summed E-state index contributed by atoms with van der Waals surface area (Å²) >= 11 is 0. The molecular formula is C16H23NO3. The Labute approximate surface area is 120 Å². The number of benzene rings is 1. The number of nitrogens with zero attached hydrogens (tertiary/aromatic N) is 1. The van der Waals surface area contributed by atoms with Crippen molar-refractivity contribution >= 4 is 5.91 Å². The van der Waals surface area contributed by atoms with E-state index in [0.717, 1.165) is 5.75 Å². The van der Waals surface area contributed by atoms with Gasteiger partial charge in [-0.25, -0.2) is 0 Å². The summed E-state index contributed by atoms with van der Waals surface area (Å²) in [5.74, 6) is 0.779. The van der Waals surface area contributed by atoms with Crippen molar-refractivity contribution in [1.29, 1.82) is 0 Å². The fourth-order valence-corrected chi connectivity index (χ4v) is 2.50. The second-order valence-electron chi connectivity index (χ2n) is 5.66. The van der Waals surface area contributed by atoms with Crippen molar-refractivity contribution in [3.8, 4) is 5.75 Å². The van der Waals surface area contributed by atoms with Gasteiger partial charge in [0.1, 0.15) is 5.75 Å². The molecule has 110 valence electrons. The van der Waals surface area contributed by atoms with Gasteiger partial charge in [-0.05, 0) is 45.9 Å². The average molecular weight is 277 g/mol. The van der Waals surface area contributed by atoms with Gasteiger partial charge in [-0.1, -0.05) is 6.07 Å². The third-order valence-corrected chi connectivity index (χ3v) is 3.16. The molecule has 1 aliphatic heterocycles. The van der Waals surface area contributed by atoms with Crippen LogP contribution in [0.2, 0.25) is 0 Å². The van der Waals surface area contributed by atoms with Gasteiger partial charge in [0.15, 0.2) is 0 Å². The van der Waals surface area contributed by atoms with E-state index >= 15 is 0 Å². The number of morpholine rings is 1. The summed E-state index contributed by atoms with van der Waals surface area (Å²) in [4.78, 5) is 14.4. The molecular weight excluding hydrogens is 254 g/mol. The third kappa shape index (κ3) is 3.73. The van der Waals surface area contributed by atoms with Gasteiger partial charge >= 0.3 is 0 Å². The van der Waals surface area contributed by atoms with E-state index in [-0.39, 0.29) is 24.2 Å². The molecule has 20 heavy (non-hydrogen) atoms. The van der Waals surface area contributed by atoms with Crippen molar-refractivity contribution in [2.45, 2.75) is 46.0 Å². The number of rotatable bonds is 3. The van der Waals surface area contributed by atoms with Crippen LogP contribution in [0.25, 0.3) is 0 Å². The molecule has 1 amide bonds. The van der Waals surface area contributed by atoms with Gasteiger partial charge in [0.2, 0.25) is 0 Å². The highest BCUT2D eigenvalue weighted by Gasteiger charge is 2.26. The first-order valence-electron chi connectivity index (χ1n) is 7.17. The molecule has 4 nitrogen and oxygen atoms in total. The van der Waals surface area contributed by atoms with Gasteiger partial charge in [-0.15, -0.1) is 0 Å². The van der Waals surface area contributed by atoms with Gasteiger partial charge in [-0.2, -0.15) is 0 Å². The number of hydrogen-bond acceptors (Lipinski definition) is 3. The maximum atomic E-state index is 12.5. The summed E-state index contributed by atoms with van der Waals surface area (Å²) in [5.41, 5.74) is 0.671. The van der Waals surface area contributed by atoms with Crippen LogP contribution in [-0.2, 0) is 4.74 Å². The van der Waals surface area contributed by atoms with Crippen molar-refractivity contribution in [2.24, 2.45) is 0 Å². The zero-order valence-electron chi connectivity index (χ0n) is 12.6. The zero-order chi connectivity index (χ0) is 14.7. The molecule has 2 atom stereocenters. The Balaban J connectivity index is 2.12. The molecule has 0 unspecified atom stereocenters. The lowest BCUT2D eigenvalue weighted by Gasteiger charge is -2.35. The number of amides is 1. The Morgan fingerprint density at radius 3 is 2.55 bits per heavy atom. The Kier molecular flexibility index (Phi) is 4.65. The summed E-state index contributed by atoms with van der Waals surface area (Å²) < 4.78 is 11.3. The number of carbonyl (C=O) groups is 1. The molecule has 1 fully saturated rings. The summed E-state index contributed by atoms with van der Waals surface area (Å²) in [5, 5.41) is 0. The highest BCUT2D eigenvalue weighted by atomic mass is 16.5. The van der Waals surface area contributed by atoms with E-state index in [0.29, 0.717) is 18.7 Å². The predicted molar refractivity (Wildman–Crippen MR) is 78.1 cm³/mol. The van der Waals surface area contributed by atoms with E-state index in [2.05, 4.69) is 0 Å². The minimum atomic E-state index is 0.0428. The molecule has 1 aromatic carbocycles. The Morgan fingerprint density at radius 2 is 1.95 bits per heavy atom. The monoisotopic (exact) mass is 277 g/mol. The van der Waals surface area contributed by atoms with Crippen molar-refractivity contribution in [3.63, 3.8) is 0 Å². The van der Waals surface area contributed by atoms with Crippen LogP contribution in [0.5, 0.6) is 5.75 Å². The average Bonchev–Trinajstić information content (AvgIpc) is 2.36. The molecule has 2 rings (SSSR count). The van der Waals surface area contributed by atoms with Gasteiger partial charge in [0, 0.05) is 18.7 Å². The van der Waals surface area contributed by atoms with Crippen LogP contribution in [0, 0.1) is 0 Å². The first-order valence-corrected chi connectivity index (χ1v) is 7.17. The lowest BCUT2D eigenvalue weighted by Crippen LogP contribution is -2.48. The second-order valence-corrected chi connectivity index (χ2v) is 5.66. The molecule has 0 aromatic heterocycles. The highest BCUT2D eigenvalue weighted by molar-refractivity contribution is 5.94. The van der Waals surface area contributed by atoms with E-state index in [1.54, 1.807) is 0 Å². The van der Waals surface area contributed by atoms with Gasteiger partial charge in [0.05, 0.1) is 18.3 Å². The zero-order valence-corrected chi connectivity index (χ0v) is 12.6. The van der Waals surface area contributed by atoms with Crippen LogP contribution in [-0.4, -0.2) is 42.2 Å². The van der Waals surface area contributed by atoms with Crippen LogP contribution in [0.15, 0.2) is 24.3 Å². The number of hydrogen-bond donors (Lipinski definition) is 0. The van der Waals surface area contributed by atoms with Gasteiger partial charge in [0.25, 0.3) is 5.91 Å². The van der Waals surface area contributed by atoms with Crippen LogP contribution in [0.3, 0.4) is 0 Å². The van der Waals surface area contributed by atoms with Gasteiger partial charge < -0.3 is 14.4 Å². The summed E-state index contributed by atoms with van der Waals surface area (Å²) in [7, 11) is 0. The molecule has 1 aliphatic rings. The molecule has 1 saturated heterocycles. The van der Waals surface area contributed by atoms with Crippen LogP contribution >= 0.6 is 0 Å². The molecule has 1 aromatic rings. The van der Waals surface area contributed by atoms with E-state index in [4.69, 9.17) is 9.47 Å². The second kappa shape index (κ2) is 6.27. The summed E-state index contributed by atoms with van der Waals surface area (Å²) in [6.45, 7) is 9.21. The lowest BCUT2D eigenvalue weighted by atomic mass is 10.1. The first kappa shape index (κ1) is 14.9. The number of carbonyl (C=O) groups excluding carboxylic acids is 1. The van der Waals surface area contributed by atoms with Crippen molar-refractivity contribution in [1.82, 2.24) is 4.90 Å². The predicted octanol–water partition coefficient (Wildman–Crippen LogP) is 2.72. The van der Waals surface area contributed by atoms with Crippen LogP contribution in [0.4, 0.5) is 0 Å². The molecule has 0 aliphatic carbocycles. The van der Waals surface area contributed by atoms with Crippen LogP contribution in [0.1, 0.15) is 38.1 Å². The first-order chi connectivity index (χ1) is 9.45. The molecule has 4 heteroatoms. The third-order valence-electron chi connectivity index (χ3n) is 3.16. The fourth-order valence-electron chi connectivity index (χ4n) is 2.50. The molecule has 0 saturated carbocycles. The quantitative estimate of drug-likeness (QED) is 0.852. The van der Waals surface area contributed by atoms with Crippen molar-refractivity contribution in [2.75, 3.05) is 13.1 Å². The Morgan fingerprint density at radius 1 is 1.30 bits per heavy atom. The minimum absolute atomic E-state index is 0.0428. The van der Waals surface area contributed by atoms with E-state index in [9.17, 15) is 4.79 Å². The standard InChI is InChI=1S/C16H23NO3/c1-11(2)19-15-7-5-6-14(8-15)16(18)17-9-12(3)20-13(4)10-17/h5-8,11-13H,9-10H2,1-4H3/t12-,13+. The maximum Gasteiger partial charge on any atom is 0.254 e. The summed E-state index contributed by atoms with van der Waals surface area (Å²) in [6, 6.07) is 7.38. The topological polar surface area (TPSA) is 38.8 Å². The Bertz CT molecular complexity index is 463. The SMILES string of the molecule is CC(C)Oc1cccc(C(=O)N2C[C@@H](C)O[C@@H](C)C2)c1. The van der Waals surface area contributed by atoms with Crippen LogP contribution < -0.4 is 4.74 Å². The van der Waals surface area contributed by atoms with E-state index in [1.807, 2.05) is 56.9 Å².